The lowest BCUT2D eigenvalue weighted by molar-refractivity contribution is -0.143. The third-order valence-electron chi connectivity index (χ3n) is 6.57. The zero-order chi connectivity index (χ0) is 32.7. The normalized spacial score (nSPS) is 14.3. The first-order valence-electron chi connectivity index (χ1n) is 13.9. The van der Waals surface area contributed by atoms with E-state index in [1.54, 1.807) is 63.3 Å². The zero-order valence-corrected chi connectivity index (χ0v) is 27.1. The molecule has 1 aliphatic rings. The number of halogens is 1. The third kappa shape index (κ3) is 7.23. The van der Waals surface area contributed by atoms with Gasteiger partial charge in [-0.25, -0.2) is 14.6 Å². The summed E-state index contributed by atoms with van der Waals surface area (Å²) in [5.41, 5.74) is 1.36. The van der Waals surface area contributed by atoms with Crippen molar-refractivity contribution in [1.29, 1.82) is 0 Å². The molecule has 0 aliphatic carbocycles. The molecule has 0 saturated heterocycles. The minimum Gasteiger partial charge on any atom is -0.493 e. The molecule has 0 saturated carbocycles. The van der Waals surface area contributed by atoms with E-state index in [-0.39, 0.29) is 31.0 Å². The second-order valence-corrected chi connectivity index (χ2v) is 10.9. The van der Waals surface area contributed by atoms with Crippen LogP contribution >= 0.6 is 22.9 Å². The lowest BCUT2D eigenvalue weighted by Gasteiger charge is -2.25. The molecule has 0 unspecified atom stereocenters. The molecule has 1 aliphatic heterocycles. The molecular formula is C32H33ClN2O9S. The number of esters is 2. The summed E-state index contributed by atoms with van der Waals surface area (Å²) >= 11 is 7.66. The van der Waals surface area contributed by atoms with Gasteiger partial charge in [0.05, 0.1) is 54.3 Å². The van der Waals surface area contributed by atoms with E-state index in [0.717, 1.165) is 11.3 Å². The van der Waals surface area contributed by atoms with Crippen molar-refractivity contribution in [2.45, 2.75) is 26.8 Å². The first-order chi connectivity index (χ1) is 21.7. The summed E-state index contributed by atoms with van der Waals surface area (Å²) in [5, 5.41) is 0.298. The molecule has 13 heteroatoms. The molecule has 0 radical (unpaired) electrons. The number of allylic oxidation sites excluding steroid dienone is 1. The van der Waals surface area contributed by atoms with Crippen LogP contribution in [-0.4, -0.2) is 57.2 Å². The molecule has 4 rings (SSSR count). The Labute approximate surface area is 268 Å². The highest BCUT2D eigenvalue weighted by Crippen LogP contribution is 2.38. The van der Waals surface area contributed by atoms with Crippen LogP contribution in [0.3, 0.4) is 0 Å². The van der Waals surface area contributed by atoms with E-state index in [4.69, 9.17) is 35.3 Å². The van der Waals surface area contributed by atoms with Gasteiger partial charge in [-0.15, -0.1) is 0 Å². The fourth-order valence-electron chi connectivity index (χ4n) is 4.64. The van der Waals surface area contributed by atoms with Crippen molar-refractivity contribution in [2.75, 3.05) is 40.6 Å². The van der Waals surface area contributed by atoms with Gasteiger partial charge in [0.1, 0.15) is 6.61 Å². The predicted octanol–water partition coefficient (Wildman–Crippen LogP) is 3.98. The Morgan fingerprint density at radius 3 is 2.51 bits per heavy atom. The number of ether oxygens (including phenoxy) is 6. The number of thiazole rings is 1. The number of methoxy groups -OCH3 is 2. The Morgan fingerprint density at radius 1 is 1.07 bits per heavy atom. The number of benzene rings is 2. The van der Waals surface area contributed by atoms with E-state index in [0.29, 0.717) is 60.8 Å². The highest BCUT2D eigenvalue weighted by molar-refractivity contribution is 7.07. The number of carbonyl (C=O) groups excluding carboxylic acids is 2. The van der Waals surface area contributed by atoms with Crippen molar-refractivity contribution >= 4 is 41.0 Å². The molecule has 11 nitrogen and oxygen atoms in total. The average molecular weight is 657 g/mol. The molecule has 0 amide bonds. The van der Waals surface area contributed by atoms with Crippen LogP contribution in [0.4, 0.5) is 0 Å². The van der Waals surface area contributed by atoms with Crippen molar-refractivity contribution in [3.63, 3.8) is 0 Å². The van der Waals surface area contributed by atoms with E-state index < -0.39 is 18.0 Å². The quantitative estimate of drug-likeness (QED) is 0.199. The van der Waals surface area contributed by atoms with Gasteiger partial charge in [0, 0.05) is 0 Å². The van der Waals surface area contributed by atoms with Crippen LogP contribution in [0, 0.1) is 0 Å². The molecule has 2 aromatic carbocycles. The number of aromatic nitrogens is 1. The van der Waals surface area contributed by atoms with Gasteiger partial charge in [-0.2, -0.15) is 0 Å². The number of hydrogen-bond acceptors (Lipinski definition) is 11. The number of fused-ring (bicyclic) bond motifs is 1. The van der Waals surface area contributed by atoms with Crippen molar-refractivity contribution in [3.05, 3.63) is 90.1 Å². The molecule has 0 N–H and O–H groups in total. The van der Waals surface area contributed by atoms with Gasteiger partial charge in [-0.05, 0) is 62.2 Å². The molecule has 2 heterocycles. The average Bonchev–Trinajstić information content (AvgIpc) is 3.32. The Kier molecular flexibility index (Phi) is 11.1. The molecule has 45 heavy (non-hydrogen) atoms. The summed E-state index contributed by atoms with van der Waals surface area (Å²) in [6.45, 7) is 9.18. The second kappa shape index (κ2) is 15.0. The Balaban J connectivity index is 1.89. The van der Waals surface area contributed by atoms with Gasteiger partial charge in [0.2, 0.25) is 0 Å². The molecule has 0 bridgehead atoms. The molecule has 1 atom stereocenters. The van der Waals surface area contributed by atoms with Gasteiger partial charge >= 0.3 is 11.9 Å². The van der Waals surface area contributed by atoms with Crippen LogP contribution in [0.1, 0.15) is 37.9 Å². The lowest BCUT2D eigenvalue weighted by atomic mass is 9.95. The van der Waals surface area contributed by atoms with Crippen molar-refractivity contribution in [3.8, 4) is 23.0 Å². The van der Waals surface area contributed by atoms with Crippen LogP contribution in [0.15, 0.2) is 64.0 Å². The molecule has 3 aromatic rings. The molecule has 0 spiro atoms. The van der Waals surface area contributed by atoms with E-state index in [1.807, 2.05) is 0 Å². The van der Waals surface area contributed by atoms with Crippen molar-refractivity contribution < 1.29 is 38.0 Å². The van der Waals surface area contributed by atoms with E-state index in [1.165, 1.54) is 18.8 Å². The van der Waals surface area contributed by atoms with E-state index in [2.05, 4.69) is 16.3 Å². The smallest absolute Gasteiger partial charge is 0.343 e. The summed E-state index contributed by atoms with van der Waals surface area (Å²) in [7, 11) is 2.75. The van der Waals surface area contributed by atoms with Crippen LogP contribution in [-0.2, 0) is 19.1 Å². The fourth-order valence-corrected chi connectivity index (χ4v) is 5.96. The number of hydrogen-bond donors (Lipinski definition) is 0. The second-order valence-electron chi connectivity index (χ2n) is 9.44. The van der Waals surface area contributed by atoms with Crippen LogP contribution in [0.5, 0.6) is 23.0 Å². The maximum absolute atomic E-state index is 14.1. The first-order valence-corrected chi connectivity index (χ1v) is 15.1. The highest BCUT2D eigenvalue weighted by atomic mass is 35.5. The molecule has 1 aromatic heterocycles. The summed E-state index contributed by atoms with van der Waals surface area (Å²) < 4.78 is 34.4. The van der Waals surface area contributed by atoms with Gasteiger partial charge < -0.3 is 28.4 Å². The minimum absolute atomic E-state index is 0.131. The monoisotopic (exact) mass is 656 g/mol. The minimum atomic E-state index is -0.899. The first kappa shape index (κ1) is 33.3. The SMILES string of the molecule is C=CCOc1c(Cl)cc(/C=c2\sc3n(c2=O)[C@H](c2ccc(OCC(=O)OC)c(OCC)c2)C(C(=O)OCC)=C(C)N=3)cc1OC. The Hall–Kier alpha value is -4.55. The largest absolute Gasteiger partial charge is 0.493 e. The highest BCUT2D eigenvalue weighted by Gasteiger charge is 2.34. The molecule has 238 valence electrons. The summed E-state index contributed by atoms with van der Waals surface area (Å²) in [6, 6.07) is 7.45. The number of rotatable bonds is 13. The van der Waals surface area contributed by atoms with Gasteiger partial charge in [-0.1, -0.05) is 41.7 Å². The predicted molar refractivity (Wildman–Crippen MR) is 169 cm³/mol. The fraction of sp³-hybridized carbons (Fsp3) is 0.312. The van der Waals surface area contributed by atoms with Gasteiger partial charge in [-0.3, -0.25) is 9.36 Å². The Morgan fingerprint density at radius 2 is 1.84 bits per heavy atom. The van der Waals surface area contributed by atoms with Crippen molar-refractivity contribution in [2.24, 2.45) is 4.99 Å². The molecule has 0 fully saturated rings. The zero-order valence-electron chi connectivity index (χ0n) is 25.5. The van der Waals surface area contributed by atoms with Crippen LogP contribution < -0.4 is 33.8 Å². The summed E-state index contributed by atoms with van der Waals surface area (Å²) in [5.74, 6) is 0.196. The maximum atomic E-state index is 14.1. The number of nitrogens with zero attached hydrogens (tertiary/aromatic N) is 2. The van der Waals surface area contributed by atoms with Crippen LogP contribution in [0.25, 0.3) is 6.08 Å². The number of carbonyl (C=O) groups is 2. The third-order valence-corrected chi connectivity index (χ3v) is 7.83. The van der Waals surface area contributed by atoms with Crippen LogP contribution in [0.2, 0.25) is 5.02 Å². The van der Waals surface area contributed by atoms with Gasteiger partial charge in [0.25, 0.3) is 5.56 Å². The van der Waals surface area contributed by atoms with Gasteiger partial charge in [0.15, 0.2) is 34.4 Å². The summed E-state index contributed by atoms with van der Waals surface area (Å²) in [4.78, 5) is 44.1. The lowest BCUT2D eigenvalue weighted by Crippen LogP contribution is -2.40. The Bertz CT molecular complexity index is 1830. The maximum Gasteiger partial charge on any atom is 0.343 e. The van der Waals surface area contributed by atoms with E-state index in [9.17, 15) is 14.4 Å². The molecular weight excluding hydrogens is 624 g/mol. The van der Waals surface area contributed by atoms with E-state index >= 15 is 0 Å². The van der Waals surface area contributed by atoms with Crippen molar-refractivity contribution in [1.82, 2.24) is 4.57 Å². The summed E-state index contributed by atoms with van der Waals surface area (Å²) in [6.07, 6.45) is 3.26. The standard InChI is InChI=1S/C32H33ClN2O9S/c1-7-12-43-29-21(33)13-19(14-24(29)39-5)15-25-30(37)35-28(27(31(38)42-9-3)18(4)34-32(35)45-25)20-10-11-22(23(16-20)41-8-2)44-17-26(36)40-6/h7,10-11,13-16,28H,1,8-9,12,17H2,2-6H3/b25-15-/t28-/m1/s1. The topological polar surface area (TPSA) is 124 Å².